The average molecular weight is 305 g/mol. The van der Waals surface area contributed by atoms with E-state index >= 15 is 0 Å². The summed E-state index contributed by atoms with van der Waals surface area (Å²) >= 11 is 7.07. The first-order chi connectivity index (χ1) is 8.80. The van der Waals surface area contributed by atoms with Gasteiger partial charge in [0, 0.05) is 19.6 Å². The maximum atomic E-state index is 11.3. The Hall–Kier alpha value is -1.08. The Bertz CT molecular complexity index is 474. The third-order valence-electron chi connectivity index (χ3n) is 3.36. The quantitative estimate of drug-likeness (QED) is 0.863. The van der Waals surface area contributed by atoms with Gasteiger partial charge in [-0.15, -0.1) is 0 Å². The van der Waals surface area contributed by atoms with Crippen molar-refractivity contribution < 1.29 is 9.90 Å². The normalized spacial score (nSPS) is 20.7. The molecule has 1 fully saturated rings. The molecule has 1 N–H and O–H groups in total. The molecule has 1 aromatic heterocycles. The van der Waals surface area contributed by atoms with Crippen LogP contribution in [0.3, 0.4) is 0 Å². The number of aromatic nitrogens is 2. The van der Waals surface area contributed by atoms with Crippen molar-refractivity contribution >= 4 is 35.2 Å². The number of carboxylic acid groups (broad SMARTS) is 1. The zero-order chi connectivity index (χ0) is 14.2. The molecule has 19 heavy (non-hydrogen) atoms. The third kappa shape index (κ3) is 2.92. The van der Waals surface area contributed by atoms with E-state index in [9.17, 15) is 9.90 Å². The number of hydrogen-bond acceptors (Lipinski definition) is 5. The first-order valence-corrected chi connectivity index (χ1v) is 7.14. The van der Waals surface area contributed by atoms with Gasteiger partial charge in [0.2, 0.25) is 0 Å². The molecule has 1 aliphatic heterocycles. The fourth-order valence-corrected chi connectivity index (χ4v) is 3.09. The molecule has 1 aliphatic rings. The number of hydrogen-bond donors (Lipinski definition) is 1. The lowest BCUT2D eigenvalue weighted by molar-refractivity contribution is 0.0747. The zero-order valence-corrected chi connectivity index (χ0v) is 12.7. The largest absolute Gasteiger partial charge is 0.465 e. The molecule has 1 saturated heterocycles. The fourth-order valence-electron chi connectivity index (χ4n) is 2.31. The molecule has 6 nitrogen and oxygen atoms in total. The zero-order valence-electron chi connectivity index (χ0n) is 11.1. The molecule has 2 rings (SSSR count). The van der Waals surface area contributed by atoms with E-state index < -0.39 is 6.09 Å². The molecular formula is C11H17ClN4O2S. The number of halogens is 1. The molecular weight excluding hydrogens is 288 g/mol. The van der Waals surface area contributed by atoms with Gasteiger partial charge in [-0.2, -0.15) is 8.75 Å². The van der Waals surface area contributed by atoms with Gasteiger partial charge in [0.05, 0.1) is 17.8 Å². The van der Waals surface area contributed by atoms with Crippen LogP contribution >= 0.6 is 23.3 Å². The molecule has 8 heteroatoms. The van der Waals surface area contributed by atoms with E-state index in [4.69, 9.17) is 11.6 Å². The van der Waals surface area contributed by atoms with Crippen LogP contribution in [0.5, 0.6) is 0 Å². The summed E-state index contributed by atoms with van der Waals surface area (Å²) < 4.78 is 8.14. The van der Waals surface area contributed by atoms with Crippen molar-refractivity contribution in [2.24, 2.45) is 5.41 Å². The highest BCUT2D eigenvalue weighted by atomic mass is 35.5. The smallest absolute Gasteiger partial charge is 0.407 e. The number of amides is 1. The summed E-state index contributed by atoms with van der Waals surface area (Å²) in [4.78, 5) is 14.8. The number of piperazine rings is 1. The Morgan fingerprint density at radius 3 is 2.58 bits per heavy atom. The third-order valence-corrected chi connectivity index (χ3v) is 4.23. The van der Waals surface area contributed by atoms with Crippen LogP contribution in [0, 0.1) is 5.41 Å². The van der Waals surface area contributed by atoms with Crippen molar-refractivity contribution in [3.63, 3.8) is 0 Å². The van der Waals surface area contributed by atoms with E-state index in [0.29, 0.717) is 30.6 Å². The van der Waals surface area contributed by atoms with Crippen LogP contribution in [0.1, 0.15) is 20.8 Å². The molecule has 0 aromatic carbocycles. The van der Waals surface area contributed by atoms with Crippen molar-refractivity contribution in [1.82, 2.24) is 13.6 Å². The molecule has 0 aliphatic carbocycles. The lowest BCUT2D eigenvalue weighted by Crippen LogP contribution is -2.59. The van der Waals surface area contributed by atoms with E-state index in [-0.39, 0.29) is 11.5 Å². The minimum absolute atomic E-state index is 0.100. The predicted octanol–water partition coefficient (Wildman–Crippen LogP) is 2.41. The van der Waals surface area contributed by atoms with E-state index in [1.165, 1.54) is 4.90 Å². The van der Waals surface area contributed by atoms with Crippen molar-refractivity contribution in [2.45, 2.75) is 26.8 Å². The number of anilines is 1. The van der Waals surface area contributed by atoms with Crippen LogP contribution in [-0.4, -0.2) is 50.5 Å². The first kappa shape index (κ1) is 14.3. The fraction of sp³-hybridized carbons (Fsp3) is 0.727. The van der Waals surface area contributed by atoms with Gasteiger partial charge in [-0.05, 0) is 5.41 Å². The second-order valence-corrected chi connectivity index (χ2v) is 6.57. The van der Waals surface area contributed by atoms with Crippen LogP contribution < -0.4 is 4.90 Å². The Labute approximate surface area is 121 Å². The maximum Gasteiger partial charge on any atom is 0.407 e. The van der Waals surface area contributed by atoms with E-state index in [1.807, 2.05) is 25.7 Å². The van der Waals surface area contributed by atoms with Gasteiger partial charge >= 0.3 is 6.09 Å². The van der Waals surface area contributed by atoms with Crippen LogP contribution in [-0.2, 0) is 0 Å². The Morgan fingerprint density at radius 1 is 1.42 bits per heavy atom. The van der Waals surface area contributed by atoms with Gasteiger partial charge in [0.15, 0.2) is 11.0 Å². The van der Waals surface area contributed by atoms with Gasteiger partial charge in [0.25, 0.3) is 0 Å². The van der Waals surface area contributed by atoms with Crippen molar-refractivity contribution in [3.8, 4) is 0 Å². The van der Waals surface area contributed by atoms with Crippen LogP contribution in [0.15, 0.2) is 0 Å². The van der Waals surface area contributed by atoms with E-state index in [1.54, 1.807) is 0 Å². The molecule has 1 atom stereocenters. The SMILES string of the molecule is CC(C)(C)C1CN(c2nsnc2Cl)CCN1C(=O)O. The van der Waals surface area contributed by atoms with Crippen LogP contribution in [0.4, 0.5) is 10.6 Å². The summed E-state index contributed by atoms with van der Waals surface area (Å²) in [7, 11) is 0. The molecule has 0 bridgehead atoms. The summed E-state index contributed by atoms with van der Waals surface area (Å²) in [5.41, 5.74) is -0.146. The van der Waals surface area contributed by atoms with Gasteiger partial charge in [-0.3, -0.25) is 0 Å². The molecule has 106 valence electrons. The summed E-state index contributed by atoms with van der Waals surface area (Å²) in [6.45, 7) is 7.74. The van der Waals surface area contributed by atoms with Gasteiger partial charge in [-0.1, -0.05) is 32.4 Å². The minimum atomic E-state index is -0.873. The summed E-state index contributed by atoms with van der Waals surface area (Å²) in [5, 5.41) is 9.69. The monoisotopic (exact) mass is 304 g/mol. The standard InChI is InChI=1S/C11H17ClN4O2S/c1-11(2,3)7-6-15(4-5-16(7)10(17)18)9-8(12)13-19-14-9/h7H,4-6H2,1-3H3,(H,17,18). The van der Waals surface area contributed by atoms with Crippen molar-refractivity contribution in [3.05, 3.63) is 5.15 Å². The summed E-state index contributed by atoms with van der Waals surface area (Å²) in [5.74, 6) is 0.658. The summed E-state index contributed by atoms with van der Waals surface area (Å²) in [6.07, 6.45) is -0.873. The molecule has 2 heterocycles. The predicted molar refractivity (Wildman–Crippen MR) is 75.1 cm³/mol. The molecule has 1 unspecified atom stereocenters. The van der Waals surface area contributed by atoms with Crippen LogP contribution in [0.2, 0.25) is 5.15 Å². The van der Waals surface area contributed by atoms with Gasteiger partial charge in [-0.25, -0.2) is 4.79 Å². The summed E-state index contributed by atoms with van der Waals surface area (Å²) in [6, 6.07) is -0.100. The highest BCUT2D eigenvalue weighted by Gasteiger charge is 2.38. The van der Waals surface area contributed by atoms with E-state index in [2.05, 4.69) is 8.75 Å². The Kier molecular flexibility index (Phi) is 3.87. The maximum absolute atomic E-state index is 11.3. The number of rotatable bonds is 1. The second kappa shape index (κ2) is 5.13. The van der Waals surface area contributed by atoms with Crippen molar-refractivity contribution in [2.75, 3.05) is 24.5 Å². The van der Waals surface area contributed by atoms with Gasteiger partial charge in [0.1, 0.15) is 0 Å². The number of carbonyl (C=O) groups is 1. The second-order valence-electron chi connectivity index (χ2n) is 5.68. The molecule has 0 spiro atoms. The molecule has 1 aromatic rings. The topological polar surface area (TPSA) is 69.6 Å². The highest BCUT2D eigenvalue weighted by molar-refractivity contribution is 6.99. The Balaban J connectivity index is 2.22. The number of nitrogens with zero attached hydrogens (tertiary/aromatic N) is 4. The minimum Gasteiger partial charge on any atom is -0.465 e. The first-order valence-electron chi connectivity index (χ1n) is 6.03. The molecule has 1 amide bonds. The highest BCUT2D eigenvalue weighted by Crippen LogP contribution is 2.31. The average Bonchev–Trinajstić information content (AvgIpc) is 2.73. The van der Waals surface area contributed by atoms with E-state index in [0.717, 1.165) is 11.7 Å². The lowest BCUT2D eigenvalue weighted by Gasteiger charge is -2.46. The van der Waals surface area contributed by atoms with Crippen molar-refractivity contribution in [1.29, 1.82) is 0 Å². The van der Waals surface area contributed by atoms with Crippen LogP contribution in [0.25, 0.3) is 0 Å². The Morgan fingerprint density at radius 2 is 2.11 bits per heavy atom. The molecule has 0 radical (unpaired) electrons. The van der Waals surface area contributed by atoms with Gasteiger partial charge < -0.3 is 14.9 Å². The lowest BCUT2D eigenvalue weighted by atomic mass is 9.84. The molecule has 0 saturated carbocycles.